The molecule has 0 radical (unpaired) electrons. The van der Waals surface area contributed by atoms with E-state index in [9.17, 15) is 4.79 Å². The van der Waals surface area contributed by atoms with Crippen molar-refractivity contribution in [2.75, 3.05) is 19.6 Å². The zero-order valence-electron chi connectivity index (χ0n) is 15.8. The molecular formula is C24H24N2O2. The minimum Gasteiger partial charge on any atom is -0.489 e. The van der Waals surface area contributed by atoms with Gasteiger partial charge in [-0.15, -0.1) is 0 Å². The van der Waals surface area contributed by atoms with Crippen LogP contribution < -0.4 is 10.1 Å². The lowest BCUT2D eigenvalue weighted by Crippen LogP contribution is -2.43. The average molecular weight is 372 g/mol. The Morgan fingerprint density at radius 2 is 1.86 bits per heavy atom. The first kappa shape index (κ1) is 17.3. The SMILES string of the molecule is O=C(NC1CN2CCC1C2)c1ccc2ccc(OCc3ccccc3)cc2c1. The molecule has 5 rings (SSSR count). The fourth-order valence-electron chi connectivity index (χ4n) is 4.40. The number of hydrogen-bond acceptors (Lipinski definition) is 3. The van der Waals surface area contributed by atoms with Crippen molar-refractivity contribution in [2.24, 2.45) is 5.92 Å². The van der Waals surface area contributed by atoms with Crippen molar-refractivity contribution in [3.63, 3.8) is 0 Å². The molecule has 4 nitrogen and oxygen atoms in total. The monoisotopic (exact) mass is 372 g/mol. The van der Waals surface area contributed by atoms with E-state index in [1.54, 1.807) is 0 Å². The number of nitrogens with one attached hydrogen (secondary N) is 1. The minimum atomic E-state index is 0.0243. The topological polar surface area (TPSA) is 41.6 Å². The van der Waals surface area contributed by atoms with E-state index in [4.69, 9.17) is 4.74 Å². The highest BCUT2D eigenvalue weighted by molar-refractivity contribution is 5.99. The summed E-state index contributed by atoms with van der Waals surface area (Å²) in [6.45, 7) is 3.83. The van der Waals surface area contributed by atoms with E-state index in [0.29, 0.717) is 18.1 Å². The van der Waals surface area contributed by atoms with Crippen molar-refractivity contribution >= 4 is 16.7 Å². The van der Waals surface area contributed by atoms with E-state index < -0.39 is 0 Å². The molecule has 3 aromatic carbocycles. The second-order valence-corrected chi connectivity index (χ2v) is 7.89. The molecule has 1 N–H and O–H groups in total. The van der Waals surface area contributed by atoms with Gasteiger partial charge in [0.2, 0.25) is 0 Å². The summed E-state index contributed by atoms with van der Waals surface area (Å²) in [4.78, 5) is 15.2. The van der Waals surface area contributed by atoms with Crippen molar-refractivity contribution in [3.8, 4) is 5.75 Å². The van der Waals surface area contributed by atoms with Crippen molar-refractivity contribution in [1.29, 1.82) is 0 Å². The third kappa shape index (κ3) is 3.48. The normalized spacial score (nSPS) is 23.1. The molecule has 3 unspecified atom stereocenters. The van der Waals surface area contributed by atoms with Crippen LogP contribution in [0.2, 0.25) is 0 Å². The van der Waals surface area contributed by atoms with Crippen LogP contribution >= 0.6 is 0 Å². The van der Waals surface area contributed by atoms with Crippen LogP contribution in [0.3, 0.4) is 0 Å². The molecule has 142 valence electrons. The van der Waals surface area contributed by atoms with E-state index >= 15 is 0 Å². The van der Waals surface area contributed by atoms with Gasteiger partial charge in [0.25, 0.3) is 5.91 Å². The summed E-state index contributed by atoms with van der Waals surface area (Å²) in [6, 6.07) is 22.3. The summed E-state index contributed by atoms with van der Waals surface area (Å²) in [5.74, 6) is 1.45. The Balaban J connectivity index is 1.30. The first-order chi connectivity index (χ1) is 13.7. The highest BCUT2D eigenvalue weighted by Crippen LogP contribution is 2.28. The summed E-state index contributed by atoms with van der Waals surface area (Å²) in [6.07, 6.45) is 1.20. The number of rotatable bonds is 5. The Hall–Kier alpha value is -2.85. The van der Waals surface area contributed by atoms with Gasteiger partial charge in [-0.2, -0.15) is 0 Å². The van der Waals surface area contributed by atoms with E-state index in [2.05, 4.69) is 22.3 Å². The number of hydrogen-bond donors (Lipinski definition) is 1. The van der Waals surface area contributed by atoms with Gasteiger partial charge in [0.15, 0.2) is 0 Å². The lowest BCUT2D eigenvalue weighted by Gasteiger charge is -2.23. The number of carbonyl (C=O) groups is 1. The van der Waals surface area contributed by atoms with Gasteiger partial charge in [-0.3, -0.25) is 4.79 Å². The number of nitrogens with zero attached hydrogens (tertiary/aromatic N) is 1. The molecule has 2 aliphatic rings. The van der Waals surface area contributed by atoms with Crippen LogP contribution in [0.25, 0.3) is 10.8 Å². The quantitative estimate of drug-likeness (QED) is 0.740. The Kier molecular flexibility index (Phi) is 4.49. The van der Waals surface area contributed by atoms with Crippen LogP contribution in [-0.2, 0) is 6.61 Å². The van der Waals surface area contributed by atoms with Gasteiger partial charge < -0.3 is 15.0 Å². The molecule has 2 saturated heterocycles. The molecule has 2 fully saturated rings. The van der Waals surface area contributed by atoms with Gasteiger partial charge in [0.05, 0.1) is 0 Å². The lowest BCUT2D eigenvalue weighted by molar-refractivity contribution is 0.0924. The fourth-order valence-corrected chi connectivity index (χ4v) is 4.40. The van der Waals surface area contributed by atoms with Crippen LogP contribution in [0.5, 0.6) is 5.75 Å². The zero-order chi connectivity index (χ0) is 18.9. The molecule has 28 heavy (non-hydrogen) atoms. The highest BCUT2D eigenvalue weighted by atomic mass is 16.5. The van der Waals surface area contributed by atoms with Crippen molar-refractivity contribution in [2.45, 2.75) is 19.1 Å². The summed E-state index contributed by atoms with van der Waals surface area (Å²) >= 11 is 0. The number of ether oxygens (including phenoxy) is 1. The maximum absolute atomic E-state index is 12.8. The third-order valence-corrected chi connectivity index (χ3v) is 5.97. The third-order valence-electron chi connectivity index (χ3n) is 5.97. The Labute approximate surface area is 165 Å². The molecule has 2 heterocycles. The first-order valence-corrected chi connectivity index (χ1v) is 9.98. The van der Waals surface area contributed by atoms with Gasteiger partial charge in [-0.05, 0) is 59.5 Å². The molecule has 3 atom stereocenters. The van der Waals surface area contributed by atoms with Crippen LogP contribution in [-0.4, -0.2) is 36.5 Å². The highest BCUT2D eigenvalue weighted by Gasteiger charge is 2.38. The number of fused-ring (bicyclic) bond motifs is 3. The maximum atomic E-state index is 12.8. The minimum absolute atomic E-state index is 0.0243. The molecule has 0 aliphatic carbocycles. The van der Waals surface area contributed by atoms with Gasteiger partial charge in [0, 0.05) is 24.7 Å². The smallest absolute Gasteiger partial charge is 0.251 e. The van der Waals surface area contributed by atoms with E-state index in [-0.39, 0.29) is 11.9 Å². The predicted octanol–water partition coefficient (Wildman–Crippen LogP) is 3.85. The van der Waals surface area contributed by atoms with Crippen LogP contribution in [0.1, 0.15) is 22.3 Å². The second-order valence-electron chi connectivity index (χ2n) is 7.89. The van der Waals surface area contributed by atoms with E-state index in [1.807, 2.05) is 54.6 Å². The van der Waals surface area contributed by atoms with Crippen molar-refractivity contribution < 1.29 is 9.53 Å². The van der Waals surface area contributed by atoms with Crippen LogP contribution in [0.4, 0.5) is 0 Å². The van der Waals surface area contributed by atoms with E-state index in [1.165, 1.54) is 13.0 Å². The summed E-state index contributed by atoms with van der Waals surface area (Å²) in [7, 11) is 0. The first-order valence-electron chi connectivity index (χ1n) is 9.98. The fraction of sp³-hybridized carbons (Fsp3) is 0.292. The van der Waals surface area contributed by atoms with Gasteiger partial charge in [-0.25, -0.2) is 0 Å². The molecule has 0 aromatic heterocycles. The molecule has 2 aliphatic heterocycles. The Morgan fingerprint density at radius 1 is 1.00 bits per heavy atom. The summed E-state index contributed by atoms with van der Waals surface area (Å²) in [5, 5.41) is 5.37. The van der Waals surface area contributed by atoms with Gasteiger partial charge >= 0.3 is 0 Å². The molecule has 3 aromatic rings. The van der Waals surface area contributed by atoms with Crippen LogP contribution in [0.15, 0.2) is 66.7 Å². The number of benzene rings is 3. The lowest BCUT2D eigenvalue weighted by atomic mass is 9.99. The van der Waals surface area contributed by atoms with E-state index in [0.717, 1.165) is 35.2 Å². The maximum Gasteiger partial charge on any atom is 0.251 e. The molecule has 0 saturated carbocycles. The molecule has 1 amide bonds. The van der Waals surface area contributed by atoms with Gasteiger partial charge in [0.1, 0.15) is 12.4 Å². The summed E-state index contributed by atoms with van der Waals surface area (Å²) < 4.78 is 5.94. The van der Waals surface area contributed by atoms with Crippen molar-refractivity contribution in [3.05, 3.63) is 77.9 Å². The second kappa shape index (κ2) is 7.28. The average Bonchev–Trinajstić information content (AvgIpc) is 3.35. The molecule has 4 heteroatoms. The predicted molar refractivity (Wildman–Crippen MR) is 111 cm³/mol. The number of carbonyl (C=O) groups excluding carboxylic acids is 1. The molecular weight excluding hydrogens is 348 g/mol. The number of piperidine rings is 1. The van der Waals surface area contributed by atoms with Gasteiger partial charge in [-0.1, -0.05) is 42.5 Å². The Bertz CT molecular complexity index is 1000. The summed E-state index contributed by atoms with van der Waals surface area (Å²) in [5.41, 5.74) is 1.85. The largest absolute Gasteiger partial charge is 0.489 e. The molecule has 2 bridgehead atoms. The zero-order valence-corrected chi connectivity index (χ0v) is 15.8. The van der Waals surface area contributed by atoms with Crippen molar-refractivity contribution in [1.82, 2.24) is 10.2 Å². The standard InChI is InChI=1S/C24H24N2O2/c27-24(25-23-15-26-11-10-20(23)14-26)19-7-6-18-8-9-22(13-21(18)12-19)28-16-17-4-2-1-3-5-17/h1-9,12-13,20,23H,10-11,14-16H2,(H,25,27). The molecule has 0 spiro atoms. The number of amides is 1. The Morgan fingerprint density at radius 3 is 2.64 bits per heavy atom. The van der Waals surface area contributed by atoms with Crippen LogP contribution in [0, 0.1) is 5.92 Å².